The highest BCUT2D eigenvalue weighted by molar-refractivity contribution is 7.98. The minimum absolute atomic E-state index is 0.621. The van der Waals surface area contributed by atoms with Crippen LogP contribution in [0.2, 0.25) is 0 Å². The molecule has 0 radical (unpaired) electrons. The van der Waals surface area contributed by atoms with Crippen LogP contribution < -0.4 is 15.4 Å². The lowest BCUT2D eigenvalue weighted by molar-refractivity contribution is 0.288. The molecule has 0 atom stereocenters. The van der Waals surface area contributed by atoms with Gasteiger partial charge in [-0.1, -0.05) is 6.07 Å². The molecule has 0 amide bonds. The van der Waals surface area contributed by atoms with E-state index in [9.17, 15) is 0 Å². The van der Waals surface area contributed by atoms with Crippen LogP contribution >= 0.6 is 11.8 Å². The molecule has 24 heavy (non-hydrogen) atoms. The third-order valence-electron chi connectivity index (χ3n) is 3.79. The molecule has 0 aliphatic heterocycles. The normalized spacial score (nSPS) is 14.5. The summed E-state index contributed by atoms with van der Waals surface area (Å²) in [5.74, 6) is 3.56. The molecule has 1 fully saturated rings. The van der Waals surface area contributed by atoms with Crippen molar-refractivity contribution in [3.8, 4) is 5.88 Å². The van der Waals surface area contributed by atoms with Crippen LogP contribution in [0.4, 0.5) is 0 Å². The minimum Gasteiger partial charge on any atom is -0.477 e. The Kier molecular flexibility index (Phi) is 8.81. The molecule has 2 rings (SSSR count). The van der Waals surface area contributed by atoms with Gasteiger partial charge in [-0.15, -0.1) is 0 Å². The number of ether oxygens (including phenoxy) is 1. The maximum Gasteiger partial charge on any atom is 0.213 e. The summed E-state index contributed by atoms with van der Waals surface area (Å²) in [5.41, 5.74) is 1.09. The molecule has 0 spiro atoms. The van der Waals surface area contributed by atoms with E-state index in [4.69, 9.17) is 4.74 Å². The number of aliphatic imine (C=N–C) groups is 1. The zero-order chi connectivity index (χ0) is 17.0. The predicted molar refractivity (Wildman–Crippen MR) is 103 cm³/mol. The van der Waals surface area contributed by atoms with Gasteiger partial charge in [0, 0.05) is 25.4 Å². The molecular weight excluding hydrogens is 320 g/mol. The van der Waals surface area contributed by atoms with Gasteiger partial charge in [0.05, 0.1) is 13.2 Å². The lowest BCUT2D eigenvalue weighted by Crippen LogP contribution is -2.37. The third-order valence-corrected chi connectivity index (χ3v) is 4.49. The molecule has 1 heterocycles. The topological polar surface area (TPSA) is 58.5 Å². The summed E-state index contributed by atoms with van der Waals surface area (Å²) >= 11 is 1.90. The average Bonchev–Trinajstić information content (AvgIpc) is 3.43. The average molecular weight is 351 g/mol. The second-order valence-corrected chi connectivity index (χ2v) is 7.07. The van der Waals surface area contributed by atoms with Gasteiger partial charge < -0.3 is 15.4 Å². The van der Waals surface area contributed by atoms with Crippen LogP contribution in [0.15, 0.2) is 23.3 Å². The van der Waals surface area contributed by atoms with Crippen LogP contribution in [-0.2, 0) is 6.54 Å². The van der Waals surface area contributed by atoms with Gasteiger partial charge >= 0.3 is 0 Å². The fourth-order valence-corrected chi connectivity index (χ4v) is 2.66. The third kappa shape index (κ3) is 7.90. The van der Waals surface area contributed by atoms with Gasteiger partial charge in [0.1, 0.15) is 0 Å². The summed E-state index contributed by atoms with van der Waals surface area (Å²) in [4.78, 5) is 8.99. The Morgan fingerprint density at radius 1 is 1.33 bits per heavy atom. The molecule has 0 unspecified atom stereocenters. The van der Waals surface area contributed by atoms with Gasteiger partial charge in [-0.2, -0.15) is 11.8 Å². The highest BCUT2D eigenvalue weighted by atomic mass is 32.2. The first kappa shape index (κ1) is 18.9. The largest absolute Gasteiger partial charge is 0.477 e. The number of aromatic nitrogens is 1. The summed E-state index contributed by atoms with van der Waals surface area (Å²) in [6, 6.07) is 3.98. The van der Waals surface area contributed by atoms with E-state index in [-0.39, 0.29) is 0 Å². The fraction of sp³-hybridized carbons (Fsp3) is 0.667. The molecule has 1 aliphatic rings. The van der Waals surface area contributed by atoms with E-state index < -0.39 is 0 Å². The summed E-state index contributed by atoms with van der Waals surface area (Å²) in [5, 5.41) is 6.67. The van der Waals surface area contributed by atoms with E-state index in [0.717, 1.165) is 37.1 Å². The van der Waals surface area contributed by atoms with Crippen molar-refractivity contribution in [3.05, 3.63) is 23.9 Å². The molecule has 0 saturated heterocycles. The first-order valence-corrected chi connectivity index (χ1v) is 10.3. The number of hydrogen-bond donors (Lipinski definition) is 2. The first-order chi connectivity index (χ1) is 11.8. The number of nitrogens with one attached hydrogen (secondary N) is 2. The number of unbranched alkanes of at least 4 members (excludes halogenated alkanes) is 1. The summed E-state index contributed by atoms with van der Waals surface area (Å²) in [6.45, 7) is 5.32. The monoisotopic (exact) mass is 350 g/mol. The van der Waals surface area contributed by atoms with Gasteiger partial charge in [0.25, 0.3) is 0 Å². The second-order valence-electron chi connectivity index (χ2n) is 6.08. The van der Waals surface area contributed by atoms with Crippen molar-refractivity contribution in [2.75, 3.05) is 31.7 Å². The molecule has 1 aromatic heterocycles. The molecule has 1 saturated carbocycles. The summed E-state index contributed by atoms with van der Waals surface area (Å²) in [6.07, 6.45) is 9.00. The molecule has 1 aliphatic carbocycles. The zero-order valence-electron chi connectivity index (χ0n) is 14.9. The molecule has 134 valence electrons. The van der Waals surface area contributed by atoms with Crippen LogP contribution in [0.25, 0.3) is 0 Å². The van der Waals surface area contributed by atoms with Crippen LogP contribution in [-0.4, -0.2) is 42.6 Å². The number of rotatable bonds is 11. The SMILES string of the molecule is CCNC(=NCc1ccc(OCC2CC2)nc1)NCCCCSC. The van der Waals surface area contributed by atoms with Crippen molar-refractivity contribution in [2.45, 2.75) is 39.2 Å². The second kappa shape index (κ2) is 11.2. The maximum absolute atomic E-state index is 5.66. The smallest absolute Gasteiger partial charge is 0.213 e. The van der Waals surface area contributed by atoms with Crippen molar-refractivity contribution in [3.63, 3.8) is 0 Å². The van der Waals surface area contributed by atoms with Gasteiger partial charge in [-0.05, 0) is 56.1 Å². The van der Waals surface area contributed by atoms with Gasteiger partial charge in [0.2, 0.25) is 5.88 Å². The lowest BCUT2D eigenvalue weighted by Gasteiger charge is -2.11. The Labute approximate surface area is 150 Å². The van der Waals surface area contributed by atoms with E-state index in [1.165, 1.54) is 31.4 Å². The number of hydrogen-bond acceptors (Lipinski definition) is 4. The van der Waals surface area contributed by atoms with E-state index in [1.54, 1.807) is 0 Å². The molecular formula is C18H30N4OS. The summed E-state index contributed by atoms with van der Waals surface area (Å²) in [7, 11) is 0. The lowest BCUT2D eigenvalue weighted by atomic mass is 10.3. The number of nitrogens with zero attached hydrogens (tertiary/aromatic N) is 2. The number of thioether (sulfide) groups is 1. The Morgan fingerprint density at radius 2 is 2.21 bits per heavy atom. The van der Waals surface area contributed by atoms with Crippen molar-refractivity contribution in [1.82, 2.24) is 15.6 Å². The summed E-state index contributed by atoms with van der Waals surface area (Å²) < 4.78 is 5.66. The number of pyridine rings is 1. The maximum atomic E-state index is 5.66. The Hall–Kier alpha value is -1.43. The molecule has 6 heteroatoms. The highest BCUT2D eigenvalue weighted by Gasteiger charge is 2.21. The molecule has 0 aromatic carbocycles. The highest BCUT2D eigenvalue weighted by Crippen LogP contribution is 2.29. The zero-order valence-corrected chi connectivity index (χ0v) is 15.7. The predicted octanol–water partition coefficient (Wildman–Crippen LogP) is 3.07. The van der Waals surface area contributed by atoms with Crippen molar-refractivity contribution in [1.29, 1.82) is 0 Å². The molecule has 0 bridgehead atoms. The van der Waals surface area contributed by atoms with Crippen molar-refractivity contribution < 1.29 is 4.74 Å². The Morgan fingerprint density at radius 3 is 2.88 bits per heavy atom. The van der Waals surface area contributed by atoms with E-state index >= 15 is 0 Å². The van der Waals surface area contributed by atoms with Gasteiger partial charge in [0.15, 0.2) is 5.96 Å². The minimum atomic E-state index is 0.621. The van der Waals surface area contributed by atoms with Crippen LogP contribution in [0.3, 0.4) is 0 Å². The molecule has 2 N–H and O–H groups in total. The van der Waals surface area contributed by atoms with E-state index in [2.05, 4.69) is 33.8 Å². The van der Waals surface area contributed by atoms with E-state index in [0.29, 0.717) is 12.4 Å². The number of guanidine groups is 1. The van der Waals surface area contributed by atoms with Gasteiger partial charge in [-0.3, -0.25) is 0 Å². The van der Waals surface area contributed by atoms with Crippen LogP contribution in [0, 0.1) is 5.92 Å². The Bertz CT molecular complexity index is 488. The van der Waals surface area contributed by atoms with Crippen molar-refractivity contribution >= 4 is 17.7 Å². The molecule has 1 aromatic rings. The first-order valence-electron chi connectivity index (χ1n) is 8.90. The standard InChI is InChI=1S/C18H30N4OS/c1-3-19-18(20-10-4-5-11-24-2)22-13-16-8-9-17(21-12-16)23-14-15-6-7-15/h8-9,12,15H,3-7,10-11,13-14H2,1-2H3,(H2,19,20,22). The van der Waals surface area contributed by atoms with Crippen LogP contribution in [0.1, 0.15) is 38.2 Å². The fourth-order valence-electron chi connectivity index (χ4n) is 2.17. The van der Waals surface area contributed by atoms with Gasteiger partial charge in [-0.25, -0.2) is 9.98 Å². The van der Waals surface area contributed by atoms with Crippen molar-refractivity contribution in [2.24, 2.45) is 10.9 Å². The quantitative estimate of drug-likeness (QED) is 0.365. The van der Waals surface area contributed by atoms with Crippen LogP contribution in [0.5, 0.6) is 5.88 Å². The van der Waals surface area contributed by atoms with E-state index in [1.807, 2.05) is 30.1 Å². The Balaban J connectivity index is 1.74. The molecule has 5 nitrogen and oxygen atoms in total.